The summed E-state index contributed by atoms with van der Waals surface area (Å²) in [6.07, 6.45) is 3.47. The third-order valence-corrected chi connectivity index (χ3v) is 2.95. The molecule has 0 spiro atoms. The minimum absolute atomic E-state index is 0.0436. The Hall–Kier alpha value is -1.55. The van der Waals surface area contributed by atoms with Crippen molar-refractivity contribution in [2.24, 2.45) is 0 Å². The van der Waals surface area contributed by atoms with Crippen molar-refractivity contribution in [3.8, 4) is 0 Å². The molecule has 1 aromatic carbocycles. The first-order chi connectivity index (χ1) is 7.66. The van der Waals surface area contributed by atoms with E-state index in [-0.39, 0.29) is 5.78 Å². The molecule has 0 fully saturated rings. The van der Waals surface area contributed by atoms with Crippen molar-refractivity contribution in [1.82, 2.24) is 0 Å². The summed E-state index contributed by atoms with van der Waals surface area (Å²) in [4.78, 5) is 11.9. The number of Topliss-reactive ketones (excluding diaryl/α,β-unsaturated/α-hetero) is 1. The average molecular weight is 280 g/mol. The number of benzene rings is 1. The monoisotopic (exact) mass is 279 g/mol. The van der Waals surface area contributed by atoms with Crippen LogP contribution in [0.3, 0.4) is 0 Å². The van der Waals surface area contributed by atoms with Crippen LogP contribution in [0.5, 0.6) is 0 Å². The van der Waals surface area contributed by atoms with Gasteiger partial charge in [-0.15, -0.1) is 0 Å². The van der Waals surface area contributed by atoms with Gasteiger partial charge in [0.25, 0.3) is 0 Å². The molecule has 3 nitrogen and oxygen atoms in total. The van der Waals surface area contributed by atoms with Gasteiger partial charge in [0.15, 0.2) is 5.78 Å². The van der Waals surface area contributed by atoms with E-state index in [9.17, 15) is 4.79 Å². The van der Waals surface area contributed by atoms with Gasteiger partial charge in [-0.2, -0.15) is 0 Å². The molecule has 4 heteroatoms. The quantitative estimate of drug-likeness (QED) is 0.694. The van der Waals surface area contributed by atoms with Crippen LogP contribution in [0.2, 0.25) is 0 Å². The maximum atomic E-state index is 11.9. The fourth-order valence-electron chi connectivity index (χ4n) is 1.38. The first-order valence-electron chi connectivity index (χ1n) is 4.76. The molecule has 0 aliphatic heterocycles. The van der Waals surface area contributed by atoms with Gasteiger partial charge in [0.1, 0.15) is 0 Å². The number of carbonyl (C=O) groups is 1. The van der Waals surface area contributed by atoms with Gasteiger partial charge >= 0.3 is 0 Å². The molecule has 0 radical (unpaired) electrons. The molecular weight excluding hydrogens is 270 g/mol. The van der Waals surface area contributed by atoms with E-state index in [0.717, 1.165) is 10.0 Å². The number of furan rings is 1. The standard InChI is InChI=1S/C12H10BrNO2/c13-10-6-9(1-2-11(10)14)12(15)5-8-3-4-16-7-8/h1-4,6-7H,5,14H2. The highest BCUT2D eigenvalue weighted by molar-refractivity contribution is 9.10. The maximum Gasteiger partial charge on any atom is 0.167 e. The lowest BCUT2D eigenvalue weighted by atomic mass is 10.1. The number of ketones is 1. The summed E-state index contributed by atoms with van der Waals surface area (Å²) in [5.74, 6) is 0.0436. The Morgan fingerprint density at radius 1 is 1.38 bits per heavy atom. The molecule has 0 aliphatic carbocycles. The third-order valence-electron chi connectivity index (χ3n) is 2.27. The molecule has 0 bridgehead atoms. The Kier molecular flexibility index (Phi) is 3.10. The Morgan fingerprint density at radius 2 is 2.19 bits per heavy atom. The fourth-order valence-corrected chi connectivity index (χ4v) is 1.76. The highest BCUT2D eigenvalue weighted by atomic mass is 79.9. The summed E-state index contributed by atoms with van der Waals surface area (Å²) in [6, 6.07) is 6.96. The zero-order chi connectivity index (χ0) is 11.5. The van der Waals surface area contributed by atoms with Crippen LogP contribution in [0.4, 0.5) is 5.69 Å². The van der Waals surface area contributed by atoms with Gasteiger partial charge in [-0.05, 0) is 45.8 Å². The topological polar surface area (TPSA) is 56.2 Å². The maximum absolute atomic E-state index is 11.9. The molecule has 0 unspecified atom stereocenters. The molecule has 0 saturated heterocycles. The minimum Gasteiger partial charge on any atom is -0.472 e. The van der Waals surface area contributed by atoms with E-state index in [1.54, 1.807) is 36.8 Å². The zero-order valence-electron chi connectivity index (χ0n) is 8.44. The van der Waals surface area contributed by atoms with Crippen molar-refractivity contribution in [3.63, 3.8) is 0 Å². The Labute approximate surface area is 101 Å². The van der Waals surface area contributed by atoms with Gasteiger partial charge in [-0.1, -0.05) is 0 Å². The van der Waals surface area contributed by atoms with Crippen LogP contribution < -0.4 is 5.73 Å². The van der Waals surface area contributed by atoms with E-state index in [2.05, 4.69) is 15.9 Å². The molecule has 0 amide bonds. The van der Waals surface area contributed by atoms with Crippen LogP contribution in [0.25, 0.3) is 0 Å². The smallest absolute Gasteiger partial charge is 0.167 e. The third kappa shape index (κ3) is 2.33. The van der Waals surface area contributed by atoms with E-state index in [0.29, 0.717) is 17.7 Å². The number of nitrogens with two attached hydrogens (primary N) is 1. The first-order valence-corrected chi connectivity index (χ1v) is 5.55. The van der Waals surface area contributed by atoms with Crippen molar-refractivity contribution in [2.75, 3.05) is 5.73 Å². The summed E-state index contributed by atoms with van der Waals surface area (Å²) < 4.78 is 5.65. The van der Waals surface area contributed by atoms with Gasteiger partial charge in [0.2, 0.25) is 0 Å². The second kappa shape index (κ2) is 4.53. The lowest BCUT2D eigenvalue weighted by molar-refractivity contribution is 0.0992. The molecule has 2 aromatic rings. The normalized spacial score (nSPS) is 10.3. The van der Waals surface area contributed by atoms with Crippen molar-refractivity contribution in [2.45, 2.75) is 6.42 Å². The summed E-state index contributed by atoms with van der Waals surface area (Å²) in [7, 11) is 0. The fraction of sp³-hybridized carbons (Fsp3) is 0.0833. The van der Waals surface area contributed by atoms with Crippen LogP contribution in [0.1, 0.15) is 15.9 Å². The summed E-state index contributed by atoms with van der Waals surface area (Å²) in [5.41, 5.74) is 7.79. The van der Waals surface area contributed by atoms with E-state index >= 15 is 0 Å². The van der Waals surface area contributed by atoms with Crippen molar-refractivity contribution in [3.05, 3.63) is 52.4 Å². The second-order valence-electron chi connectivity index (χ2n) is 3.47. The van der Waals surface area contributed by atoms with Crippen molar-refractivity contribution < 1.29 is 9.21 Å². The SMILES string of the molecule is Nc1ccc(C(=O)Cc2ccoc2)cc1Br. The summed E-state index contributed by atoms with van der Waals surface area (Å²) in [5, 5.41) is 0. The number of nitrogen functional groups attached to an aromatic ring is 1. The largest absolute Gasteiger partial charge is 0.472 e. The summed E-state index contributed by atoms with van der Waals surface area (Å²) in [6.45, 7) is 0. The highest BCUT2D eigenvalue weighted by Gasteiger charge is 2.09. The molecular formula is C12H10BrNO2. The van der Waals surface area contributed by atoms with Crippen LogP contribution in [-0.4, -0.2) is 5.78 Å². The van der Waals surface area contributed by atoms with Crippen molar-refractivity contribution in [1.29, 1.82) is 0 Å². The minimum atomic E-state index is 0.0436. The molecule has 0 atom stereocenters. The van der Waals surface area contributed by atoms with E-state index < -0.39 is 0 Å². The number of hydrogen-bond donors (Lipinski definition) is 1. The average Bonchev–Trinajstić information content (AvgIpc) is 2.74. The Balaban J connectivity index is 2.18. The molecule has 16 heavy (non-hydrogen) atoms. The molecule has 1 heterocycles. The van der Waals surface area contributed by atoms with Gasteiger partial charge in [0.05, 0.1) is 12.5 Å². The van der Waals surface area contributed by atoms with Crippen LogP contribution >= 0.6 is 15.9 Å². The highest BCUT2D eigenvalue weighted by Crippen LogP contribution is 2.21. The molecule has 2 rings (SSSR count). The zero-order valence-corrected chi connectivity index (χ0v) is 10.0. The van der Waals surface area contributed by atoms with Gasteiger partial charge < -0.3 is 10.2 Å². The predicted octanol–water partition coefficient (Wildman–Crippen LogP) is 3.05. The van der Waals surface area contributed by atoms with E-state index in [1.807, 2.05) is 0 Å². The molecule has 1 aromatic heterocycles. The lowest BCUT2D eigenvalue weighted by Crippen LogP contribution is -2.03. The number of carbonyl (C=O) groups excluding carboxylic acids is 1. The van der Waals surface area contributed by atoms with Gasteiger partial charge in [0, 0.05) is 22.1 Å². The predicted molar refractivity (Wildman–Crippen MR) is 65.3 cm³/mol. The number of anilines is 1. The molecule has 82 valence electrons. The lowest BCUT2D eigenvalue weighted by Gasteiger charge is -2.02. The second-order valence-corrected chi connectivity index (χ2v) is 4.32. The van der Waals surface area contributed by atoms with Crippen LogP contribution in [0, 0.1) is 0 Å². The molecule has 2 N–H and O–H groups in total. The Bertz CT molecular complexity index is 506. The molecule has 0 aliphatic rings. The van der Waals surface area contributed by atoms with Gasteiger partial charge in [-0.25, -0.2) is 0 Å². The van der Waals surface area contributed by atoms with Gasteiger partial charge in [-0.3, -0.25) is 4.79 Å². The number of halogens is 1. The van der Waals surface area contributed by atoms with Crippen molar-refractivity contribution >= 4 is 27.4 Å². The Morgan fingerprint density at radius 3 is 2.81 bits per heavy atom. The van der Waals surface area contributed by atoms with E-state index in [1.165, 1.54) is 0 Å². The molecule has 0 saturated carbocycles. The van der Waals surface area contributed by atoms with Crippen LogP contribution in [0.15, 0.2) is 45.7 Å². The number of hydrogen-bond acceptors (Lipinski definition) is 3. The first kappa shape index (κ1) is 11.0. The van der Waals surface area contributed by atoms with Crippen LogP contribution in [-0.2, 0) is 6.42 Å². The number of rotatable bonds is 3. The van der Waals surface area contributed by atoms with E-state index in [4.69, 9.17) is 10.2 Å². The summed E-state index contributed by atoms with van der Waals surface area (Å²) >= 11 is 3.30.